The minimum absolute atomic E-state index is 0.290. The Balaban J connectivity index is 2.57. The normalized spacial score (nSPS) is 10.4. The molecule has 6 heteroatoms. The number of H-pyrrole nitrogens is 1. The van der Waals surface area contributed by atoms with E-state index in [-0.39, 0.29) is 4.84 Å². The highest BCUT2D eigenvalue weighted by atomic mass is 32.1. The van der Waals surface area contributed by atoms with Gasteiger partial charge in [-0.05, 0) is 19.1 Å². The average Bonchev–Trinajstić information content (AvgIpc) is 2.58. The van der Waals surface area contributed by atoms with Crippen LogP contribution in [0.4, 0.5) is 0 Å². The third-order valence-corrected chi connectivity index (χ3v) is 2.47. The summed E-state index contributed by atoms with van der Waals surface area (Å²) in [7, 11) is 0. The molecule has 0 unspecified atom stereocenters. The molecule has 0 aliphatic rings. The fourth-order valence-corrected chi connectivity index (χ4v) is 1.69. The summed E-state index contributed by atoms with van der Waals surface area (Å²) in [6, 6.07) is 0. The maximum Gasteiger partial charge on any atom is 0.284 e. The lowest BCUT2D eigenvalue weighted by Gasteiger charge is -1.86. The molecule has 0 aliphatic heterocycles. The Bertz CT molecular complexity index is 441. The molecule has 62 valence electrons. The van der Waals surface area contributed by atoms with E-state index in [1.807, 2.05) is 6.92 Å². The van der Waals surface area contributed by atoms with E-state index in [1.165, 1.54) is 11.3 Å². The first-order valence-electron chi connectivity index (χ1n) is 3.23. The van der Waals surface area contributed by atoms with Gasteiger partial charge in [0.05, 0.1) is 11.2 Å². The lowest BCUT2D eigenvalue weighted by molar-refractivity contribution is 0.553. The van der Waals surface area contributed by atoms with Crippen molar-refractivity contribution >= 4 is 23.6 Å². The predicted molar refractivity (Wildman–Crippen MR) is 47.5 cm³/mol. The van der Waals surface area contributed by atoms with Crippen molar-refractivity contribution in [2.75, 3.05) is 0 Å². The maximum absolute atomic E-state index is 5.13. The second-order valence-corrected chi connectivity index (χ2v) is 3.41. The number of nitrogens with one attached hydrogen (secondary N) is 1. The summed E-state index contributed by atoms with van der Waals surface area (Å²) in [6.45, 7) is 1.90. The van der Waals surface area contributed by atoms with Gasteiger partial charge < -0.3 is 4.42 Å². The summed E-state index contributed by atoms with van der Waals surface area (Å²) in [5.74, 6) is 0.514. The minimum Gasteiger partial charge on any atom is -0.408 e. The molecule has 0 aromatic carbocycles. The second kappa shape index (κ2) is 2.80. The van der Waals surface area contributed by atoms with Crippen molar-refractivity contribution in [3.05, 3.63) is 16.0 Å². The minimum atomic E-state index is 0.290. The highest BCUT2D eigenvalue weighted by molar-refractivity contribution is 7.71. The molecule has 2 aromatic heterocycles. The molecular weight excluding hydrogens is 194 g/mol. The van der Waals surface area contributed by atoms with Crippen molar-refractivity contribution in [2.45, 2.75) is 6.92 Å². The third kappa shape index (κ3) is 1.19. The lowest BCUT2D eigenvalue weighted by Crippen LogP contribution is -1.76. The number of aryl methyl sites for hydroxylation is 1. The molecule has 0 atom stereocenters. The van der Waals surface area contributed by atoms with Gasteiger partial charge in [-0.3, -0.25) is 0 Å². The van der Waals surface area contributed by atoms with E-state index in [2.05, 4.69) is 15.2 Å². The molecule has 0 saturated carbocycles. The van der Waals surface area contributed by atoms with Crippen LogP contribution in [-0.2, 0) is 0 Å². The zero-order chi connectivity index (χ0) is 8.55. The van der Waals surface area contributed by atoms with Crippen LogP contribution in [0, 0.1) is 11.8 Å². The van der Waals surface area contributed by atoms with Crippen molar-refractivity contribution in [3.63, 3.8) is 0 Å². The Morgan fingerprint density at radius 1 is 1.67 bits per heavy atom. The van der Waals surface area contributed by atoms with Crippen LogP contribution in [0.1, 0.15) is 5.69 Å². The predicted octanol–water partition coefficient (Wildman–Crippen LogP) is 2.16. The fraction of sp³-hybridized carbons (Fsp3) is 0.167. The first-order chi connectivity index (χ1) is 5.77. The number of aromatic amines is 1. The SMILES string of the molecule is Cc1ncsc1-c1n[nH]c(=S)o1. The van der Waals surface area contributed by atoms with Gasteiger partial charge >= 0.3 is 0 Å². The summed E-state index contributed by atoms with van der Waals surface area (Å²) in [5.41, 5.74) is 2.66. The van der Waals surface area contributed by atoms with E-state index in [1.54, 1.807) is 5.51 Å². The molecule has 0 fully saturated rings. The first-order valence-corrected chi connectivity index (χ1v) is 4.52. The highest BCUT2D eigenvalue weighted by Gasteiger charge is 2.09. The van der Waals surface area contributed by atoms with E-state index < -0.39 is 0 Å². The zero-order valence-electron chi connectivity index (χ0n) is 6.20. The quantitative estimate of drug-likeness (QED) is 0.715. The molecule has 2 aromatic rings. The fourth-order valence-electron chi connectivity index (χ4n) is 0.834. The van der Waals surface area contributed by atoms with E-state index >= 15 is 0 Å². The second-order valence-electron chi connectivity index (χ2n) is 2.19. The summed E-state index contributed by atoms with van der Waals surface area (Å²) in [4.78, 5) is 5.28. The highest BCUT2D eigenvalue weighted by Crippen LogP contribution is 2.24. The van der Waals surface area contributed by atoms with Crippen molar-refractivity contribution in [1.82, 2.24) is 15.2 Å². The summed E-state index contributed by atoms with van der Waals surface area (Å²) < 4.78 is 5.13. The molecule has 2 heterocycles. The van der Waals surface area contributed by atoms with Crippen LogP contribution in [0.5, 0.6) is 0 Å². The molecule has 1 N–H and O–H groups in total. The maximum atomic E-state index is 5.13. The number of aromatic nitrogens is 3. The zero-order valence-corrected chi connectivity index (χ0v) is 7.83. The number of rotatable bonds is 1. The number of nitrogens with zero attached hydrogens (tertiary/aromatic N) is 2. The molecule has 2 rings (SSSR count). The first kappa shape index (κ1) is 7.63. The Morgan fingerprint density at radius 3 is 3.00 bits per heavy atom. The van der Waals surface area contributed by atoms with Crippen LogP contribution in [0.2, 0.25) is 0 Å². The Hall–Kier alpha value is -1.01. The Labute approximate surface area is 77.3 Å². The van der Waals surface area contributed by atoms with Gasteiger partial charge in [-0.25, -0.2) is 10.1 Å². The van der Waals surface area contributed by atoms with Crippen LogP contribution in [0.25, 0.3) is 10.8 Å². The average molecular weight is 199 g/mol. The van der Waals surface area contributed by atoms with Gasteiger partial charge in [0, 0.05) is 0 Å². The van der Waals surface area contributed by atoms with Gasteiger partial charge in [-0.1, -0.05) is 0 Å². The largest absolute Gasteiger partial charge is 0.408 e. The summed E-state index contributed by atoms with van der Waals surface area (Å²) in [6.07, 6.45) is 0. The van der Waals surface area contributed by atoms with Gasteiger partial charge in [0.15, 0.2) is 0 Å². The van der Waals surface area contributed by atoms with Crippen molar-refractivity contribution in [2.24, 2.45) is 0 Å². The molecule has 4 nitrogen and oxygen atoms in total. The van der Waals surface area contributed by atoms with E-state index in [0.29, 0.717) is 5.89 Å². The third-order valence-electron chi connectivity index (χ3n) is 1.38. The molecule has 0 amide bonds. The Kier molecular flexibility index (Phi) is 1.78. The lowest BCUT2D eigenvalue weighted by atomic mass is 10.4. The van der Waals surface area contributed by atoms with E-state index in [9.17, 15) is 0 Å². The molecule has 0 radical (unpaired) electrons. The van der Waals surface area contributed by atoms with Crippen LogP contribution in [0.15, 0.2) is 9.93 Å². The van der Waals surface area contributed by atoms with E-state index in [0.717, 1.165) is 10.6 Å². The van der Waals surface area contributed by atoms with Crippen molar-refractivity contribution < 1.29 is 4.42 Å². The van der Waals surface area contributed by atoms with E-state index in [4.69, 9.17) is 16.6 Å². The van der Waals surface area contributed by atoms with Gasteiger partial charge in [-0.15, -0.1) is 16.4 Å². The topological polar surface area (TPSA) is 54.7 Å². The van der Waals surface area contributed by atoms with Gasteiger partial charge in [0.25, 0.3) is 10.7 Å². The molecule has 0 spiro atoms. The molecular formula is C6H5N3OS2. The monoisotopic (exact) mass is 199 g/mol. The number of hydrogen-bond donors (Lipinski definition) is 1. The molecule has 12 heavy (non-hydrogen) atoms. The van der Waals surface area contributed by atoms with Gasteiger partial charge in [0.2, 0.25) is 0 Å². The smallest absolute Gasteiger partial charge is 0.284 e. The summed E-state index contributed by atoms with van der Waals surface area (Å²) >= 11 is 6.23. The summed E-state index contributed by atoms with van der Waals surface area (Å²) in [5, 5.41) is 6.45. The van der Waals surface area contributed by atoms with Crippen molar-refractivity contribution in [3.8, 4) is 10.8 Å². The Morgan fingerprint density at radius 2 is 2.50 bits per heavy atom. The van der Waals surface area contributed by atoms with Crippen LogP contribution in [0.3, 0.4) is 0 Å². The van der Waals surface area contributed by atoms with Crippen LogP contribution in [-0.4, -0.2) is 15.2 Å². The van der Waals surface area contributed by atoms with Crippen molar-refractivity contribution in [1.29, 1.82) is 0 Å². The number of hydrogen-bond acceptors (Lipinski definition) is 5. The molecule has 0 aliphatic carbocycles. The molecule has 0 saturated heterocycles. The van der Waals surface area contributed by atoms with Gasteiger partial charge in [0.1, 0.15) is 4.88 Å². The van der Waals surface area contributed by atoms with Gasteiger partial charge in [-0.2, -0.15) is 0 Å². The van der Waals surface area contributed by atoms with Crippen LogP contribution >= 0.6 is 23.6 Å². The number of thiazole rings is 1. The molecule has 0 bridgehead atoms. The van der Waals surface area contributed by atoms with Crippen LogP contribution < -0.4 is 0 Å². The standard InChI is InChI=1S/C6H5N3OS2/c1-3-4(12-2-7-3)5-8-9-6(11)10-5/h2H,1H3,(H,9,11).